The molecular formula is C14H19NO4S2. The van der Waals surface area contributed by atoms with Crippen LogP contribution in [0.1, 0.15) is 13.3 Å². The lowest BCUT2D eigenvalue weighted by atomic mass is 10.2. The van der Waals surface area contributed by atoms with E-state index in [1.54, 1.807) is 29.2 Å². The minimum absolute atomic E-state index is 0.0633. The monoisotopic (exact) mass is 329 g/mol. The summed E-state index contributed by atoms with van der Waals surface area (Å²) in [7, 11) is -3.00. The van der Waals surface area contributed by atoms with E-state index in [4.69, 9.17) is 0 Å². The summed E-state index contributed by atoms with van der Waals surface area (Å²) >= 11 is 1.27. The van der Waals surface area contributed by atoms with Crippen LogP contribution >= 0.6 is 11.8 Å². The number of benzene rings is 1. The summed E-state index contributed by atoms with van der Waals surface area (Å²) in [4.78, 5) is 14.6. The van der Waals surface area contributed by atoms with Crippen LogP contribution in [-0.2, 0) is 14.6 Å². The topological polar surface area (TPSA) is 74.7 Å². The van der Waals surface area contributed by atoms with Crippen molar-refractivity contribution in [3.05, 3.63) is 24.3 Å². The predicted octanol–water partition coefficient (Wildman–Crippen LogP) is 1.52. The SMILES string of the molecule is CCN(C(=O)CSc1ccccc1O)C1CCS(=O)(=O)C1. The highest BCUT2D eigenvalue weighted by Crippen LogP contribution is 2.28. The molecule has 2 rings (SSSR count). The van der Waals surface area contributed by atoms with E-state index in [9.17, 15) is 18.3 Å². The van der Waals surface area contributed by atoms with Crippen LogP contribution in [0.15, 0.2) is 29.2 Å². The summed E-state index contributed by atoms with van der Waals surface area (Å²) in [6.45, 7) is 2.36. The molecule has 1 aromatic carbocycles. The third-order valence-corrected chi connectivity index (χ3v) is 6.32. The molecule has 1 amide bonds. The number of para-hydroxylation sites is 1. The number of phenolic OH excluding ortho intramolecular Hbond substituents is 1. The van der Waals surface area contributed by atoms with E-state index in [0.717, 1.165) is 0 Å². The number of hydrogen-bond acceptors (Lipinski definition) is 5. The van der Waals surface area contributed by atoms with Crippen molar-refractivity contribution in [2.24, 2.45) is 0 Å². The molecule has 1 saturated heterocycles. The highest BCUT2D eigenvalue weighted by Gasteiger charge is 2.33. The van der Waals surface area contributed by atoms with Crippen molar-refractivity contribution in [3.8, 4) is 5.75 Å². The fraction of sp³-hybridized carbons (Fsp3) is 0.500. The minimum atomic E-state index is -3.00. The zero-order chi connectivity index (χ0) is 15.5. The first-order valence-corrected chi connectivity index (χ1v) is 9.64. The number of rotatable bonds is 5. The lowest BCUT2D eigenvalue weighted by Gasteiger charge is -2.26. The average molecular weight is 329 g/mol. The Labute approximate surface area is 129 Å². The highest BCUT2D eigenvalue weighted by molar-refractivity contribution is 8.00. The molecule has 7 heteroatoms. The third kappa shape index (κ3) is 4.14. The van der Waals surface area contributed by atoms with E-state index in [-0.39, 0.29) is 35.0 Å². The first kappa shape index (κ1) is 16.2. The van der Waals surface area contributed by atoms with Crippen molar-refractivity contribution in [2.75, 3.05) is 23.8 Å². The van der Waals surface area contributed by atoms with Crippen LogP contribution in [0.3, 0.4) is 0 Å². The molecular weight excluding hydrogens is 310 g/mol. The summed E-state index contributed by atoms with van der Waals surface area (Å²) < 4.78 is 23.1. The van der Waals surface area contributed by atoms with Gasteiger partial charge in [0, 0.05) is 17.5 Å². The van der Waals surface area contributed by atoms with Crippen molar-refractivity contribution in [3.63, 3.8) is 0 Å². The molecule has 1 fully saturated rings. The Bertz CT molecular complexity index is 615. The second-order valence-corrected chi connectivity index (χ2v) is 8.24. The molecule has 0 aliphatic carbocycles. The first-order valence-electron chi connectivity index (χ1n) is 6.83. The molecule has 0 radical (unpaired) electrons. The normalized spacial score (nSPS) is 20.3. The number of nitrogens with zero attached hydrogens (tertiary/aromatic N) is 1. The van der Waals surface area contributed by atoms with Crippen LogP contribution in [0, 0.1) is 0 Å². The minimum Gasteiger partial charge on any atom is -0.507 e. The van der Waals surface area contributed by atoms with Gasteiger partial charge in [-0.25, -0.2) is 8.42 Å². The van der Waals surface area contributed by atoms with Crippen LogP contribution in [-0.4, -0.2) is 54.2 Å². The Kier molecular flexibility index (Phi) is 5.16. The molecule has 5 nitrogen and oxygen atoms in total. The second-order valence-electron chi connectivity index (χ2n) is 4.99. The molecule has 0 aromatic heterocycles. The van der Waals surface area contributed by atoms with E-state index in [1.165, 1.54) is 11.8 Å². The Hall–Kier alpha value is -1.21. The Morgan fingerprint density at radius 1 is 1.43 bits per heavy atom. The van der Waals surface area contributed by atoms with Gasteiger partial charge in [-0.2, -0.15) is 0 Å². The number of sulfone groups is 1. The molecule has 1 aromatic rings. The Morgan fingerprint density at radius 3 is 2.71 bits per heavy atom. The van der Waals surface area contributed by atoms with Crippen molar-refractivity contribution >= 4 is 27.5 Å². The number of phenols is 1. The lowest BCUT2D eigenvalue weighted by molar-refractivity contribution is -0.129. The van der Waals surface area contributed by atoms with Crippen molar-refractivity contribution in [2.45, 2.75) is 24.3 Å². The predicted molar refractivity (Wildman–Crippen MR) is 83.3 cm³/mol. The van der Waals surface area contributed by atoms with Crippen LogP contribution < -0.4 is 0 Å². The van der Waals surface area contributed by atoms with Crippen LogP contribution in [0.25, 0.3) is 0 Å². The largest absolute Gasteiger partial charge is 0.507 e. The molecule has 0 saturated carbocycles. The summed E-state index contributed by atoms with van der Waals surface area (Å²) in [5.41, 5.74) is 0. The number of carbonyl (C=O) groups excluding carboxylic acids is 1. The smallest absolute Gasteiger partial charge is 0.233 e. The van der Waals surface area contributed by atoms with Gasteiger partial charge in [-0.15, -0.1) is 11.8 Å². The maximum absolute atomic E-state index is 12.3. The van der Waals surface area contributed by atoms with Crippen molar-refractivity contribution in [1.82, 2.24) is 4.90 Å². The van der Waals surface area contributed by atoms with Crippen molar-refractivity contribution < 1.29 is 18.3 Å². The molecule has 1 aliphatic rings. The number of hydrogen-bond donors (Lipinski definition) is 1. The van der Waals surface area contributed by atoms with Crippen molar-refractivity contribution in [1.29, 1.82) is 0 Å². The van der Waals surface area contributed by atoms with E-state index < -0.39 is 9.84 Å². The molecule has 0 spiro atoms. The molecule has 21 heavy (non-hydrogen) atoms. The first-order chi connectivity index (χ1) is 9.93. The van der Waals surface area contributed by atoms with Gasteiger partial charge in [0.15, 0.2) is 9.84 Å². The molecule has 1 aliphatic heterocycles. The van der Waals surface area contributed by atoms with Gasteiger partial charge < -0.3 is 10.0 Å². The standard InChI is InChI=1S/C14H19NO4S2/c1-2-15(11-7-8-21(18,19)10-11)14(17)9-20-13-6-4-3-5-12(13)16/h3-6,11,16H,2,7-10H2,1H3. The molecule has 1 unspecified atom stereocenters. The van der Waals surface area contributed by atoms with E-state index >= 15 is 0 Å². The van der Waals surface area contributed by atoms with Gasteiger partial charge in [0.2, 0.25) is 5.91 Å². The molecule has 1 heterocycles. The van der Waals surface area contributed by atoms with E-state index in [0.29, 0.717) is 17.9 Å². The van der Waals surface area contributed by atoms with Gasteiger partial charge in [-0.1, -0.05) is 12.1 Å². The van der Waals surface area contributed by atoms with Crippen LogP contribution in [0.4, 0.5) is 0 Å². The maximum Gasteiger partial charge on any atom is 0.233 e. The number of thioether (sulfide) groups is 1. The fourth-order valence-electron chi connectivity index (χ4n) is 2.46. The van der Waals surface area contributed by atoms with Gasteiger partial charge >= 0.3 is 0 Å². The Balaban J connectivity index is 1.97. The summed E-state index contributed by atoms with van der Waals surface area (Å²) in [5, 5.41) is 9.67. The number of aromatic hydroxyl groups is 1. The van der Waals surface area contributed by atoms with Crippen LogP contribution in [0.2, 0.25) is 0 Å². The lowest BCUT2D eigenvalue weighted by Crippen LogP contribution is -2.41. The summed E-state index contributed by atoms with van der Waals surface area (Å²) in [5.74, 6) is 0.485. The highest BCUT2D eigenvalue weighted by atomic mass is 32.2. The maximum atomic E-state index is 12.3. The van der Waals surface area contributed by atoms with Gasteiger partial charge in [0.1, 0.15) is 5.75 Å². The summed E-state index contributed by atoms with van der Waals surface area (Å²) in [6, 6.07) is 6.64. The molecule has 0 bridgehead atoms. The van der Waals surface area contributed by atoms with Gasteiger partial charge in [0.25, 0.3) is 0 Å². The number of carbonyl (C=O) groups is 1. The average Bonchev–Trinajstić information content (AvgIpc) is 2.79. The second kappa shape index (κ2) is 6.70. The Morgan fingerprint density at radius 2 is 2.14 bits per heavy atom. The van der Waals surface area contributed by atoms with E-state index in [1.807, 2.05) is 6.92 Å². The quantitative estimate of drug-likeness (QED) is 0.829. The van der Waals surface area contributed by atoms with Crippen LogP contribution in [0.5, 0.6) is 5.75 Å². The summed E-state index contributed by atoms with van der Waals surface area (Å²) in [6.07, 6.45) is 0.517. The number of amides is 1. The fourth-order valence-corrected chi connectivity index (χ4v) is 5.03. The zero-order valence-corrected chi connectivity index (χ0v) is 13.5. The molecule has 1 atom stereocenters. The van der Waals surface area contributed by atoms with Gasteiger partial charge in [-0.3, -0.25) is 4.79 Å². The molecule has 116 valence electrons. The zero-order valence-electron chi connectivity index (χ0n) is 11.9. The third-order valence-electron chi connectivity index (χ3n) is 3.53. The van der Waals surface area contributed by atoms with E-state index in [2.05, 4.69) is 0 Å². The van der Waals surface area contributed by atoms with Gasteiger partial charge in [-0.05, 0) is 25.5 Å². The molecule has 1 N–H and O–H groups in total. The van der Waals surface area contributed by atoms with Gasteiger partial charge in [0.05, 0.1) is 17.3 Å².